The molecule has 1 amide bonds. The number of carbonyl (C=O) groups excluding carboxylic acids is 1. The number of pyridine rings is 1. The van der Waals surface area contributed by atoms with Crippen LogP contribution in [0.4, 0.5) is 0 Å². The minimum atomic E-state index is -0.543. The van der Waals surface area contributed by atoms with E-state index in [2.05, 4.69) is 16.2 Å². The van der Waals surface area contributed by atoms with Gasteiger partial charge in [-0.25, -0.2) is 0 Å². The molecule has 0 aromatic carbocycles. The quantitative estimate of drug-likeness (QED) is 0.637. The number of hydrogen-bond donors (Lipinski definition) is 3. The molecule has 0 bridgehead atoms. The summed E-state index contributed by atoms with van der Waals surface area (Å²) in [5.74, 6) is 1.57. The first-order valence-corrected chi connectivity index (χ1v) is 4.77. The molecule has 1 atom stereocenters. The lowest BCUT2D eigenvalue weighted by atomic mass is 10.2. The monoisotopic (exact) mass is 220 g/mol. The zero-order chi connectivity index (χ0) is 12.1. The number of aromatic amines is 1. The van der Waals surface area contributed by atoms with Gasteiger partial charge in [0.05, 0.1) is 11.6 Å². The van der Waals surface area contributed by atoms with Gasteiger partial charge in [-0.3, -0.25) is 14.6 Å². The van der Waals surface area contributed by atoms with E-state index in [1.807, 2.05) is 6.92 Å². The van der Waals surface area contributed by atoms with Crippen molar-refractivity contribution in [3.8, 4) is 18.2 Å². The Kier molecular flexibility index (Phi) is 3.72. The fourth-order valence-electron chi connectivity index (χ4n) is 1.16. The summed E-state index contributed by atoms with van der Waals surface area (Å²) < 4.78 is 0. The van der Waals surface area contributed by atoms with Crippen LogP contribution in [0.15, 0.2) is 16.9 Å². The van der Waals surface area contributed by atoms with E-state index in [1.54, 1.807) is 0 Å². The number of H-pyrrole nitrogens is 1. The van der Waals surface area contributed by atoms with Gasteiger partial charge in [0.1, 0.15) is 0 Å². The predicted octanol–water partition coefficient (Wildman–Crippen LogP) is 0.222. The fourth-order valence-corrected chi connectivity index (χ4v) is 1.16. The van der Waals surface area contributed by atoms with Gasteiger partial charge in [-0.05, 0) is 6.42 Å². The molecule has 3 N–H and O–H groups in total. The van der Waals surface area contributed by atoms with Crippen molar-refractivity contribution in [2.45, 2.75) is 19.4 Å². The van der Waals surface area contributed by atoms with E-state index in [-0.39, 0.29) is 17.5 Å². The molecule has 16 heavy (non-hydrogen) atoms. The summed E-state index contributed by atoms with van der Waals surface area (Å²) in [5, 5.41) is 11.7. The second-order valence-electron chi connectivity index (χ2n) is 3.22. The van der Waals surface area contributed by atoms with Gasteiger partial charge in [-0.2, -0.15) is 0 Å². The molecule has 5 nitrogen and oxygen atoms in total. The third-order valence-electron chi connectivity index (χ3n) is 2.01. The average molecular weight is 220 g/mol. The molecule has 0 aliphatic rings. The van der Waals surface area contributed by atoms with Crippen molar-refractivity contribution in [1.29, 1.82) is 0 Å². The molecule has 0 fully saturated rings. The number of rotatable bonds is 3. The van der Waals surface area contributed by atoms with Gasteiger partial charge in [-0.15, -0.1) is 6.42 Å². The average Bonchev–Trinajstić information content (AvgIpc) is 2.24. The zero-order valence-electron chi connectivity index (χ0n) is 8.78. The molecular weight excluding hydrogens is 208 g/mol. The Labute approximate surface area is 92.5 Å². The first-order chi connectivity index (χ1) is 7.56. The molecule has 1 heterocycles. The largest absolute Gasteiger partial charge is 0.494 e. The van der Waals surface area contributed by atoms with Gasteiger partial charge in [-0.1, -0.05) is 12.8 Å². The van der Waals surface area contributed by atoms with Gasteiger partial charge in [0.2, 0.25) is 0 Å². The standard InChI is InChI=1S/C11H12N2O3/c1-3-8(4-2)12-11(16)7-5-9(14)13-10(15)6-7/h1,5-6,8H,4H2,2H3,(H,12,16)(H2,13,14,15). The number of hydrogen-bond acceptors (Lipinski definition) is 3. The fraction of sp³-hybridized carbons (Fsp3) is 0.273. The van der Waals surface area contributed by atoms with Crippen molar-refractivity contribution >= 4 is 5.91 Å². The topological polar surface area (TPSA) is 82.2 Å². The van der Waals surface area contributed by atoms with Crippen molar-refractivity contribution in [2.24, 2.45) is 0 Å². The molecule has 1 aromatic heterocycles. The molecule has 1 aromatic rings. The summed E-state index contributed by atoms with van der Waals surface area (Å²) in [6.45, 7) is 1.83. The second-order valence-corrected chi connectivity index (χ2v) is 3.22. The van der Waals surface area contributed by atoms with Crippen LogP contribution in [-0.2, 0) is 0 Å². The minimum absolute atomic E-state index is 0.0787. The third-order valence-corrected chi connectivity index (χ3v) is 2.01. The molecule has 0 saturated heterocycles. The molecule has 1 unspecified atom stereocenters. The summed E-state index contributed by atoms with van der Waals surface area (Å²) in [6, 6.07) is 1.88. The van der Waals surface area contributed by atoms with E-state index in [4.69, 9.17) is 11.5 Å². The van der Waals surface area contributed by atoms with Crippen molar-refractivity contribution in [2.75, 3.05) is 0 Å². The van der Waals surface area contributed by atoms with Crippen LogP contribution in [0.25, 0.3) is 0 Å². The van der Waals surface area contributed by atoms with Gasteiger partial charge in [0.15, 0.2) is 5.88 Å². The number of aromatic hydroxyl groups is 1. The normalized spacial score (nSPS) is 11.5. The smallest absolute Gasteiger partial charge is 0.252 e. The van der Waals surface area contributed by atoms with E-state index in [0.29, 0.717) is 6.42 Å². The Morgan fingerprint density at radius 3 is 2.88 bits per heavy atom. The summed E-state index contributed by atoms with van der Waals surface area (Å²) in [5.41, 5.74) is -0.464. The predicted molar refractivity (Wildman–Crippen MR) is 59.1 cm³/mol. The van der Waals surface area contributed by atoms with E-state index in [0.717, 1.165) is 6.07 Å². The van der Waals surface area contributed by atoms with Crippen LogP contribution in [0.2, 0.25) is 0 Å². The summed E-state index contributed by atoms with van der Waals surface area (Å²) >= 11 is 0. The number of terminal acetylenes is 1. The summed E-state index contributed by atoms with van der Waals surface area (Å²) in [7, 11) is 0. The molecule has 0 aliphatic heterocycles. The molecule has 1 rings (SSSR count). The molecule has 0 radical (unpaired) electrons. The Morgan fingerprint density at radius 2 is 2.38 bits per heavy atom. The Morgan fingerprint density at radius 1 is 1.69 bits per heavy atom. The minimum Gasteiger partial charge on any atom is -0.494 e. The maximum atomic E-state index is 11.6. The van der Waals surface area contributed by atoms with Crippen LogP contribution in [0.5, 0.6) is 5.88 Å². The molecule has 0 saturated carbocycles. The molecule has 84 valence electrons. The van der Waals surface area contributed by atoms with Crippen molar-refractivity contribution < 1.29 is 9.90 Å². The van der Waals surface area contributed by atoms with Crippen LogP contribution in [0.1, 0.15) is 23.7 Å². The van der Waals surface area contributed by atoms with Gasteiger partial charge in [0, 0.05) is 12.1 Å². The second kappa shape index (κ2) is 5.03. The van der Waals surface area contributed by atoms with Crippen LogP contribution in [0, 0.1) is 12.3 Å². The van der Waals surface area contributed by atoms with Crippen molar-refractivity contribution in [1.82, 2.24) is 10.3 Å². The number of amides is 1. The van der Waals surface area contributed by atoms with Gasteiger partial charge >= 0.3 is 0 Å². The summed E-state index contributed by atoms with van der Waals surface area (Å²) in [6.07, 6.45) is 5.78. The zero-order valence-corrected chi connectivity index (χ0v) is 8.78. The third kappa shape index (κ3) is 2.89. The lowest BCUT2D eigenvalue weighted by Gasteiger charge is -2.10. The first kappa shape index (κ1) is 11.9. The maximum absolute atomic E-state index is 11.6. The van der Waals surface area contributed by atoms with E-state index < -0.39 is 11.5 Å². The van der Waals surface area contributed by atoms with E-state index in [9.17, 15) is 9.59 Å². The lowest BCUT2D eigenvalue weighted by Crippen LogP contribution is -2.33. The maximum Gasteiger partial charge on any atom is 0.252 e. The van der Waals surface area contributed by atoms with Crippen LogP contribution in [0.3, 0.4) is 0 Å². The number of nitrogens with one attached hydrogen (secondary N) is 2. The van der Waals surface area contributed by atoms with E-state index in [1.165, 1.54) is 6.07 Å². The highest BCUT2D eigenvalue weighted by molar-refractivity contribution is 5.94. The highest BCUT2D eigenvalue weighted by Gasteiger charge is 2.11. The SMILES string of the molecule is C#CC(CC)NC(=O)c1cc(O)[nH]c(=O)c1. The van der Waals surface area contributed by atoms with Crippen LogP contribution in [-0.4, -0.2) is 22.0 Å². The Hall–Kier alpha value is -2.22. The Balaban J connectivity index is 2.89. The number of carbonyl (C=O) groups is 1. The molecular formula is C11H12N2O3. The van der Waals surface area contributed by atoms with Crippen LogP contribution < -0.4 is 10.9 Å². The van der Waals surface area contributed by atoms with Crippen molar-refractivity contribution in [3.05, 3.63) is 28.0 Å². The number of aromatic nitrogens is 1. The highest BCUT2D eigenvalue weighted by Crippen LogP contribution is 2.04. The lowest BCUT2D eigenvalue weighted by molar-refractivity contribution is 0.0944. The highest BCUT2D eigenvalue weighted by atomic mass is 16.3. The van der Waals surface area contributed by atoms with Crippen molar-refractivity contribution in [3.63, 3.8) is 0 Å². The van der Waals surface area contributed by atoms with Gasteiger partial charge in [0.25, 0.3) is 11.5 Å². The Bertz CT molecular complexity index is 485. The molecule has 0 aliphatic carbocycles. The van der Waals surface area contributed by atoms with Gasteiger partial charge < -0.3 is 10.4 Å². The first-order valence-electron chi connectivity index (χ1n) is 4.77. The molecule has 5 heteroatoms. The van der Waals surface area contributed by atoms with E-state index >= 15 is 0 Å². The van der Waals surface area contributed by atoms with Crippen LogP contribution >= 0.6 is 0 Å². The molecule has 0 spiro atoms. The summed E-state index contributed by atoms with van der Waals surface area (Å²) in [4.78, 5) is 24.7.